The number of nitrogens with one attached hydrogen (secondary N) is 1. The Morgan fingerprint density at radius 1 is 1.23 bits per heavy atom. The number of nitrogens with zero attached hydrogens (tertiary/aromatic N) is 3. The number of pyridine rings is 1. The number of aromatic nitrogens is 3. The third-order valence-corrected chi connectivity index (χ3v) is 6.04. The number of fused-ring (bicyclic) bond motifs is 1. The van der Waals surface area contributed by atoms with Gasteiger partial charge in [0.15, 0.2) is 0 Å². The van der Waals surface area contributed by atoms with Crippen molar-refractivity contribution >= 4 is 22.5 Å². The van der Waals surface area contributed by atoms with E-state index in [9.17, 15) is 9.18 Å². The van der Waals surface area contributed by atoms with Crippen molar-refractivity contribution in [3.63, 3.8) is 0 Å². The zero-order valence-corrected chi connectivity index (χ0v) is 18.5. The molecule has 0 atom stereocenters. The Morgan fingerprint density at radius 3 is 2.65 bits per heavy atom. The molecule has 1 fully saturated rings. The van der Waals surface area contributed by atoms with Crippen molar-refractivity contribution in [3.05, 3.63) is 47.9 Å². The second-order valence-corrected chi connectivity index (χ2v) is 8.97. The SMILES string of the molecule is COc1cc2nn(C3CCC(C)CC3)cc2cc1NC(=O)c1cccc(C(C)(C)F)n1. The van der Waals surface area contributed by atoms with Crippen molar-refractivity contribution in [1.29, 1.82) is 0 Å². The summed E-state index contributed by atoms with van der Waals surface area (Å²) in [7, 11) is 1.56. The van der Waals surface area contributed by atoms with E-state index >= 15 is 0 Å². The van der Waals surface area contributed by atoms with Crippen LogP contribution in [0.15, 0.2) is 36.5 Å². The maximum Gasteiger partial charge on any atom is 0.274 e. The average Bonchev–Trinajstić information content (AvgIpc) is 3.16. The van der Waals surface area contributed by atoms with E-state index in [4.69, 9.17) is 9.84 Å². The van der Waals surface area contributed by atoms with Gasteiger partial charge in [-0.1, -0.05) is 13.0 Å². The highest BCUT2D eigenvalue weighted by Crippen LogP contribution is 2.35. The fourth-order valence-electron chi connectivity index (χ4n) is 4.11. The summed E-state index contributed by atoms with van der Waals surface area (Å²) in [4.78, 5) is 17.0. The van der Waals surface area contributed by atoms with Gasteiger partial charge in [-0.3, -0.25) is 9.48 Å². The first-order valence-corrected chi connectivity index (χ1v) is 10.8. The van der Waals surface area contributed by atoms with Crippen molar-refractivity contribution in [2.45, 2.75) is 58.2 Å². The van der Waals surface area contributed by atoms with Gasteiger partial charge in [-0.2, -0.15) is 5.10 Å². The van der Waals surface area contributed by atoms with Gasteiger partial charge in [0, 0.05) is 17.6 Å². The molecule has 164 valence electrons. The van der Waals surface area contributed by atoms with Gasteiger partial charge in [0.25, 0.3) is 5.91 Å². The molecule has 3 aromatic rings. The van der Waals surface area contributed by atoms with E-state index in [1.807, 2.05) is 18.3 Å². The predicted molar refractivity (Wildman–Crippen MR) is 119 cm³/mol. The summed E-state index contributed by atoms with van der Waals surface area (Å²) >= 11 is 0. The molecule has 2 aromatic heterocycles. The zero-order valence-electron chi connectivity index (χ0n) is 18.5. The molecule has 1 aliphatic carbocycles. The Kier molecular flexibility index (Phi) is 5.69. The van der Waals surface area contributed by atoms with Gasteiger partial charge < -0.3 is 10.1 Å². The molecule has 6 nitrogen and oxygen atoms in total. The Balaban J connectivity index is 1.60. The van der Waals surface area contributed by atoms with Gasteiger partial charge in [-0.25, -0.2) is 9.37 Å². The molecule has 0 spiro atoms. The molecule has 0 saturated heterocycles. The van der Waals surface area contributed by atoms with E-state index in [0.717, 1.165) is 29.7 Å². The molecule has 1 aliphatic rings. The zero-order chi connectivity index (χ0) is 22.2. The quantitative estimate of drug-likeness (QED) is 0.575. The number of methoxy groups -OCH3 is 1. The van der Waals surface area contributed by atoms with Crippen LogP contribution in [0.25, 0.3) is 10.9 Å². The van der Waals surface area contributed by atoms with Crippen LogP contribution in [-0.2, 0) is 5.67 Å². The van der Waals surface area contributed by atoms with Crippen LogP contribution in [-0.4, -0.2) is 27.8 Å². The molecule has 31 heavy (non-hydrogen) atoms. The van der Waals surface area contributed by atoms with Crippen LogP contribution in [0, 0.1) is 5.92 Å². The molecule has 1 saturated carbocycles. The fourth-order valence-corrected chi connectivity index (χ4v) is 4.11. The lowest BCUT2D eigenvalue weighted by Crippen LogP contribution is -2.18. The minimum atomic E-state index is -1.63. The van der Waals surface area contributed by atoms with Gasteiger partial charge in [0.05, 0.1) is 30.0 Å². The highest BCUT2D eigenvalue weighted by atomic mass is 19.1. The molecule has 1 aromatic carbocycles. The number of benzene rings is 1. The summed E-state index contributed by atoms with van der Waals surface area (Å²) in [5.41, 5.74) is 0.0950. The Morgan fingerprint density at radius 2 is 1.97 bits per heavy atom. The van der Waals surface area contributed by atoms with E-state index < -0.39 is 11.6 Å². The first-order valence-electron chi connectivity index (χ1n) is 10.8. The summed E-state index contributed by atoms with van der Waals surface area (Å²) in [6.07, 6.45) is 6.72. The maximum absolute atomic E-state index is 14.2. The van der Waals surface area contributed by atoms with Crippen LogP contribution in [0.3, 0.4) is 0 Å². The summed E-state index contributed by atoms with van der Waals surface area (Å²) in [6.45, 7) is 5.13. The van der Waals surface area contributed by atoms with Crippen molar-refractivity contribution < 1.29 is 13.9 Å². The van der Waals surface area contributed by atoms with Gasteiger partial charge in [-0.05, 0) is 63.6 Å². The number of hydrogen-bond donors (Lipinski definition) is 1. The number of hydrogen-bond acceptors (Lipinski definition) is 4. The highest BCUT2D eigenvalue weighted by Gasteiger charge is 2.23. The molecular formula is C24H29FN4O2. The molecule has 7 heteroatoms. The smallest absolute Gasteiger partial charge is 0.274 e. The molecule has 0 bridgehead atoms. The third-order valence-electron chi connectivity index (χ3n) is 6.04. The van der Waals surface area contributed by atoms with Crippen LogP contribution in [0.4, 0.5) is 10.1 Å². The van der Waals surface area contributed by atoms with E-state index in [1.54, 1.807) is 25.3 Å². The van der Waals surface area contributed by atoms with Crippen LogP contribution in [0.1, 0.15) is 68.7 Å². The molecule has 2 heterocycles. The minimum absolute atomic E-state index is 0.150. The summed E-state index contributed by atoms with van der Waals surface area (Å²) in [5, 5.41) is 8.55. The number of amides is 1. The normalized spacial score (nSPS) is 19.4. The number of anilines is 1. The van der Waals surface area contributed by atoms with Crippen LogP contribution >= 0.6 is 0 Å². The van der Waals surface area contributed by atoms with Gasteiger partial charge in [0.1, 0.15) is 17.1 Å². The largest absolute Gasteiger partial charge is 0.494 e. The molecule has 0 radical (unpaired) electrons. The van der Waals surface area contributed by atoms with Crippen LogP contribution < -0.4 is 10.1 Å². The number of ether oxygens (including phenoxy) is 1. The van der Waals surface area contributed by atoms with E-state index in [1.165, 1.54) is 26.7 Å². The molecule has 1 amide bonds. The predicted octanol–water partition coefficient (Wildman–Crippen LogP) is 5.65. The molecule has 0 aliphatic heterocycles. The standard InChI is InChI=1S/C24H29FN4O2/c1-15-8-10-17(11-9-15)29-14-16-12-20(21(31-4)13-19(16)28-29)27-23(30)18-6-5-7-22(26-18)24(2,3)25/h5-7,12-15,17H,8-11H2,1-4H3,(H,27,30). The number of rotatable bonds is 5. The van der Waals surface area contributed by atoms with Crippen LogP contribution in [0.2, 0.25) is 0 Å². The van der Waals surface area contributed by atoms with Crippen molar-refractivity contribution in [2.24, 2.45) is 5.92 Å². The molecule has 4 rings (SSSR count). The van der Waals surface area contributed by atoms with Gasteiger partial charge in [-0.15, -0.1) is 0 Å². The van der Waals surface area contributed by atoms with Gasteiger partial charge >= 0.3 is 0 Å². The molecular weight excluding hydrogens is 395 g/mol. The Labute approximate surface area is 181 Å². The van der Waals surface area contributed by atoms with E-state index in [0.29, 0.717) is 17.5 Å². The molecule has 1 N–H and O–H groups in total. The lowest BCUT2D eigenvalue weighted by atomic mass is 9.87. The van der Waals surface area contributed by atoms with Crippen molar-refractivity contribution in [1.82, 2.24) is 14.8 Å². The lowest BCUT2D eigenvalue weighted by molar-refractivity contribution is 0.102. The maximum atomic E-state index is 14.2. The number of carbonyl (C=O) groups is 1. The summed E-state index contributed by atoms with van der Waals surface area (Å²) < 4.78 is 21.8. The van der Waals surface area contributed by atoms with Crippen molar-refractivity contribution in [3.8, 4) is 5.75 Å². The fraction of sp³-hybridized carbons (Fsp3) is 0.458. The first kappa shape index (κ1) is 21.3. The second kappa shape index (κ2) is 8.29. The summed E-state index contributed by atoms with van der Waals surface area (Å²) in [6, 6.07) is 8.88. The molecule has 0 unspecified atom stereocenters. The first-order chi connectivity index (χ1) is 14.7. The number of carbonyl (C=O) groups excluding carboxylic acids is 1. The number of alkyl halides is 1. The van der Waals surface area contributed by atoms with Crippen molar-refractivity contribution in [2.75, 3.05) is 12.4 Å². The van der Waals surface area contributed by atoms with Gasteiger partial charge in [0.2, 0.25) is 0 Å². The van der Waals surface area contributed by atoms with Crippen LogP contribution in [0.5, 0.6) is 5.75 Å². The second-order valence-electron chi connectivity index (χ2n) is 8.97. The highest BCUT2D eigenvalue weighted by molar-refractivity contribution is 6.05. The third kappa shape index (κ3) is 4.55. The number of halogens is 1. The lowest BCUT2D eigenvalue weighted by Gasteiger charge is -2.26. The Bertz CT molecular complexity index is 1090. The summed E-state index contributed by atoms with van der Waals surface area (Å²) in [5.74, 6) is 0.876. The monoisotopic (exact) mass is 424 g/mol. The average molecular weight is 425 g/mol. The Hall–Kier alpha value is -2.96. The topological polar surface area (TPSA) is 69.0 Å². The van der Waals surface area contributed by atoms with E-state index in [-0.39, 0.29) is 11.4 Å². The minimum Gasteiger partial charge on any atom is -0.494 e. The van der Waals surface area contributed by atoms with E-state index in [2.05, 4.69) is 21.9 Å².